The summed E-state index contributed by atoms with van der Waals surface area (Å²) in [6.45, 7) is 3.51. The summed E-state index contributed by atoms with van der Waals surface area (Å²) in [5.41, 5.74) is 3.39. The topological polar surface area (TPSA) is 79.7 Å². The number of nitrogens with zero attached hydrogens (tertiary/aromatic N) is 5. The molecular formula is C18H20N6O. The van der Waals surface area contributed by atoms with Gasteiger partial charge in [0.25, 0.3) is 5.91 Å². The van der Waals surface area contributed by atoms with E-state index in [1.54, 1.807) is 18.6 Å². The van der Waals surface area contributed by atoms with Crippen LogP contribution in [0.2, 0.25) is 0 Å². The number of carbonyl (C=O) groups is 1. The summed E-state index contributed by atoms with van der Waals surface area (Å²) in [4.78, 5) is 19.1. The van der Waals surface area contributed by atoms with Gasteiger partial charge in [-0.1, -0.05) is 0 Å². The van der Waals surface area contributed by atoms with Gasteiger partial charge < -0.3 is 4.90 Å². The first-order valence-electron chi connectivity index (χ1n) is 8.46. The lowest BCUT2D eigenvalue weighted by Gasteiger charge is -2.24. The standard InChI is InChI=1S/C18H20N6O/c1-13-9-21-23(11-13)12-15-3-2-8-24(15)18(25)16-10-20-22-17(16)14-4-6-19-7-5-14/h4-7,9-11,15H,2-3,8,12H2,1H3,(H,20,22). The van der Waals surface area contributed by atoms with E-state index in [9.17, 15) is 4.79 Å². The number of nitrogens with one attached hydrogen (secondary N) is 1. The second-order valence-electron chi connectivity index (χ2n) is 6.43. The smallest absolute Gasteiger partial charge is 0.258 e. The molecule has 1 N–H and O–H groups in total. The van der Waals surface area contributed by atoms with Crippen molar-refractivity contribution in [2.24, 2.45) is 0 Å². The maximum absolute atomic E-state index is 13.1. The summed E-state index contributed by atoms with van der Waals surface area (Å²) in [7, 11) is 0. The van der Waals surface area contributed by atoms with Crippen molar-refractivity contribution in [1.29, 1.82) is 0 Å². The van der Waals surface area contributed by atoms with Crippen molar-refractivity contribution in [3.63, 3.8) is 0 Å². The second kappa shape index (κ2) is 6.51. The fourth-order valence-corrected chi connectivity index (χ4v) is 3.42. The Bertz CT molecular complexity index is 869. The number of hydrogen-bond acceptors (Lipinski definition) is 4. The Hall–Kier alpha value is -2.96. The molecule has 1 amide bonds. The third kappa shape index (κ3) is 3.05. The third-order valence-electron chi connectivity index (χ3n) is 4.64. The molecule has 0 saturated carbocycles. The molecule has 0 spiro atoms. The average molecular weight is 336 g/mol. The summed E-state index contributed by atoms with van der Waals surface area (Å²) in [5.74, 6) is 0.0203. The van der Waals surface area contributed by atoms with Crippen LogP contribution in [0.15, 0.2) is 43.1 Å². The van der Waals surface area contributed by atoms with Crippen molar-refractivity contribution < 1.29 is 4.79 Å². The van der Waals surface area contributed by atoms with E-state index in [2.05, 4.69) is 20.3 Å². The number of H-pyrrole nitrogens is 1. The van der Waals surface area contributed by atoms with E-state index in [0.29, 0.717) is 5.56 Å². The molecule has 1 aliphatic heterocycles. The van der Waals surface area contributed by atoms with Crippen LogP contribution in [0.25, 0.3) is 11.3 Å². The van der Waals surface area contributed by atoms with Crippen LogP contribution in [0.1, 0.15) is 28.8 Å². The zero-order valence-electron chi connectivity index (χ0n) is 14.1. The van der Waals surface area contributed by atoms with E-state index in [-0.39, 0.29) is 11.9 Å². The van der Waals surface area contributed by atoms with E-state index in [0.717, 1.165) is 42.8 Å². The van der Waals surface area contributed by atoms with Gasteiger partial charge in [-0.3, -0.25) is 19.6 Å². The highest BCUT2D eigenvalue weighted by atomic mass is 16.2. The van der Waals surface area contributed by atoms with Gasteiger partial charge in [-0.15, -0.1) is 0 Å². The molecule has 0 bridgehead atoms. The molecule has 0 aromatic carbocycles. The Balaban J connectivity index is 1.57. The van der Waals surface area contributed by atoms with Gasteiger partial charge >= 0.3 is 0 Å². The van der Waals surface area contributed by atoms with Gasteiger partial charge in [0.05, 0.1) is 36.2 Å². The predicted octanol–water partition coefficient (Wildman–Crippen LogP) is 2.28. The monoisotopic (exact) mass is 336 g/mol. The highest BCUT2D eigenvalue weighted by molar-refractivity contribution is 6.00. The molecule has 3 aromatic rings. The third-order valence-corrected chi connectivity index (χ3v) is 4.64. The van der Waals surface area contributed by atoms with Crippen molar-refractivity contribution in [1.82, 2.24) is 29.9 Å². The minimum absolute atomic E-state index is 0.0203. The average Bonchev–Trinajstić information content (AvgIpc) is 3.36. The van der Waals surface area contributed by atoms with Crippen LogP contribution in [0.3, 0.4) is 0 Å². The number of aromatic nitrogens is 5. The number of amides is 1. The highest BCUT2D eigenvalue weighted by Crippen LogP contribution is 2.26. The van der Waals surface area contributed by atoms with Crippen LogP contribution < -0.4 is 0 Å². The molecule has 1 saturated heterocycles. The van der Waals surface area contributed by atoms with Gasteiger partial charge in [0.1, 0.15) is 0 Å². The molecule has 7 heteroatoms. The summed E-state index contributed by atoms with van der Waals surface area (Å²) in [6.07, 6.45) is 10.9. The highest BCUT2D eigenvalue weighted by Gasteiger charge is 2.31. The molecule has 3 aromatic heterocycles. The lowest BCUT2D eigenvalue weighted by molar-refractivity contribution is 0.0722. The molecule has 4 heterocycles. The van der Waals surface area contributed by atoms with Crippen LogP contribution in [0.5, 0.6) is 0 Å². The molecule has 4 rings (SSSR count). The van der Waals surface area contributed by atoms with E-state index in [4.69, 9.17) is 0 Å². The lowest BCUT2D eigenvalue weighted by Crippen LogP contribution is -2.38. The van der Waals surface area contributed by atoms with Crippen molar-refractivity contribution in [3.05, 3.63) is 54.2 Å². The number of aromatic amines is 1. The van der Waals surface area contributed by atoms with Gasteiger partial charge in [-0.05, 0) is 37.5 Å². The van der Waals surface area contributed by atoms with E-state index in [1.165, 1.54) is 0 Å². The van der Waals surface area contributed by atoms with Gasteiger partial charge in [0.15, 0.2) is 0 Å². The number of hydrogen-bond donors (Lipinski definition) is 1. The molecule has 0 aliphatic carbocycles. The van der Waals surface area contributed by atoms with E-state index in [1.807, 2.05) is 41.0 Å². The van der Waals surface area contributed by atoms with Crippen LogP contribution in [0.4, 0.5) is 0 Å². The SMILES string of the molecule is Cc1cnn(CC2CCCN2C(=O)c2cn[nH]c2-c2ccncc2)c1. The zero-order chi connectivity index (χ0) is 17.2. The van der Waals surface area contributed by atoms with Gasteiger partial charge in [-0.25, -0.2) is 0 Å². The Morgan fingerprint density at radius 1 is 1.32 bits per heavy atom. The first-order valence-corrected chi connectivity index (χ1v) is 8.46. The first-order chi connectivity index (χ1) is 12.2. The van der Waals surface area contributed by atoms with Crippen LogP contribution in [-0.2, 0) is 6.54 Å². The Kier molecular flexibility index (Phi) is 4.05. The molecular weight excluding hydrogens is 316 g/mol. The van der Waals surface area contributed by atoms with Crippen molar-refractivity contribution in [2.45, 2.75) is 32.4 Å². The van der Waals surface area contributed by atoms with Crippen LogP contribution >= 0.6 is 0 Å². The molecule has 1 unspecified atom stereocenters. The van der Waals surface area contributed by atoms with Crippen molar-refractivity contribution in [2.75, 3.05) is 6.54 Å². The molecule has 128 valence electrons. The molecule has 0 radical (unpaired) electrons. The molecule has 1 atom stereocenters. The van der Waals surface area contributed by atoms with Crippen LogP contribution in [0, 0.1) is 6.92 Å². The lowest BCUT2D eigenvalue weighted by atomic mass is 10.1. The largest absolute Gasteiger partial charge is 0.334 e. The number of likely N-dealkylation sites (tertiary alicyclic amines) is 1. The Morgan fingerprint density at radius 2 is 2.16 bits per heavy atom. The molecule has 1 aliphatic rings. The van der Waals surface area contributed by atoms with E-state index < -0.39 is 0 Å². The number of rotatable bonds is 4. The molecule has 25 heavy (non-hydrogen) atoms. The molecule has 7 nitrogen and oxygen atoms in total. The quantitative estimate of drug-likeness (QED) is 0.793. The predicted molar refractivity (Wildman–Crippen MR) is 92.8 cm³/mol. The van der Waals surface area contributed by atoms with Crippen molar-refractivity contribution in [3.8, 4) is 11.3 Å². The number of pyridine rings is 1. The summed E-state index contributed by atoms with van der Waals surface area (Å²) in [5, 5.41) is 11.4. The maximum atomic E-state index is 13.1. The van der Waals surface area contributed by atoms with Gasteiger partial charge in [0.2, 0.25) is 0 Å². The minimum Gasteiger partial charge on any atom is -0.334 e. The van der Waals surface area contributed by atoms with Gasteiger partial charge in [-0.2, -0.15) is 10.2 Å². The summed E-state index contributed by atoms with van der Waals surface area (Å²) in [6, 6.07) is 3.91. The van der Waals surface area contributed by atoms with Crippen LogP contribution in [-0.4, -0.2) is 48.4 Å². The Morgan fingerprint density at radius 3 is 2.92 bits per heavy atom. The second-order valence-corrected chi connectivity index (χ2v) is 6.43. The number of carbonyl (C=O) groups excluding carboxylic acids is 1. The number of aryl methyl sites for hydroxylation is 1. The maximum Gasteiger partial charge on any atom is 0.258 e. The first kappa shape index (κ1) is 15.6. The summed E-state index contributed by atoms with van der Waals surface area (Å²) < 4.78 is 1.92. The fourth-order valence-electron chi connectivity index (χ4n) is 3.42. The molecule has 1 fully saturated rings. The normalized spacial score (nSPS) is 17.2. The zero-order valence-corrected chi connectivity index (χ0v) is 14.1. The summed E-state index contributed by atoms with van der Waals surface area (Å²) >= 11 is 0. The van der Waals surface area contributed by atoms with E-state index >= 15 is 0 Å². The Labute approximate surface area is 145 Å². The minimum atomic E-state index is 0.0203. The van der Waals surface area contributed by atoms with Crippen molar-refractivity contribution >= 4 is 5.91 Å². The van der Waals surface area contributed by atoms with Gasteiger partial charge in [0, 0.05) is 30.7 Å². The fraction of sp³-hybridized carbons (Fsp3) is 0.333.